The first-order valence-corrected chi connectivity index (χ1v) is 11.5. The molecule has 3 aromatic carbocycles. The Morgan fingerprint density at radius 1 is 1.03 bits per heavy atom. The van der Waals surface area contributed by atoms with E-state index in [4.69, 9.17) is 0 Å². The van der Waals surface area contributed by atoms with Crippen molar-refractivity contribution in [2.24, 2.45) is 0 Å². The van der Waals surface area contributed by atoms with Crippen molar-refractivity contribution in [2.75, 3.05) is 32.5 Å². The molecule has 0 radical (unpaired) electrons. The molecular weight excluding hydrogens is 467 g/mol. The lowest BCUT2D eigenvalue weighted by Gasteiger charge is -2.17. The average molecular weight is 496 g/mol. The van der Waals surface area contributed by atoms with Crippen LogP contribution in [0.1, 0.15) is 18.4 Å². The number of fused-ring (bicyclic) bond motifs is 1. The van der Waals surface area contributed by atoms with E-state index in [1.165, 1.54) is 5.56 Å². The molecule has 2 amide bonds. The average Bonchev–Trinajstić information content (AvgIpc) is 3.25. The van der Waals surface area contributed by atoms with Crippen molar-refractivity contribution >= 4 is 22.8 Å². The molecule has 0 saturated carbocycles. The summed E-state index contributed by atoms with van der Waals surface area (Å²) in [6.45, 7) is 1.80. The molecule has 6 nitrogen and oxygen atoms in total. The van der Waals surface area contributed by atoms with Crippen molar-refractivity contribution in [3.63, 3.8) is 0 Å². The zero-order valence-corrected chi connectivity index (χ0v) is 20.3. The van der Waals surface area contributed by atoms with Crippen LogP contribution in [-0.4, -0.2) is 53.8 Å². The molecule has 0 aliphatic rings. The van der Waals surface area contributed by atoms with Gasteiger partial charge in [0, 0.05) is 17.9 Å². The van der Waals surface area contributed by atoms with E-state index in [9.17, 15) is 18.0 Å². The first-order valence-electron chi connectivity index (χ1n) is 11.5. The standard InChI is InChI=1S/C27H28F3N5O/c1-18(15-34(2)3)19-7-9-20(10-8-19)21-11-12-25-24(13-21)32-17-35(25)23-6-4-5-22(14-23)33-26(36)31-16-27(28,29)30/h4-14,17-18H,15-16H2,1-3H3,(H2,31,33,36). The van der Waals surface area contributed by atoms with E-state index in [2.05, 4.69) is 60.5 Å². The fourth-order valence-corrected chi connectivity index (χ4v) is 4.14. The van der Waals surface area contributed by atoms with Crippen LogP contribution in [0.4, 0.5) is 23.7 Å². The molecule has 1 heterocycles. The molecule has 0 spiro atoms. The second-order valence-electron chi connectivity index (χ2n) is 9.08. The zero-order chi connectivity index (χ0) is 25.9. The number of urea groups is 1. The van der Waals surface area contributed by atoms with Crippen LogP contribution in [0.3, 0.4) is 0 Å². The predicted octanol–water partition coefficient (Wildman–Crippen LogP) is 6.04. The van der Waals surface area contributed by atoms with Crippen molar-refractivity contribution in [3.8, 4) is 16.8 Å². The molecule has 1 atom stereocenters. The Morgan fingerprint density at radius 2 is 1.75 bits per heavy atom. The van der Waals surface area contributed by atoms with Crippen LogP contribution in [-0.2, 0) is 0 Å². The SMILES string of the molecule is CC(CN(C)C)c1ccc(-c2ccc3c(c2)ncn3-c2cccc(NC(=O)NCC(F)(F)F)c2)cc1. The summed E-state index contributed by atoms with van der Waals surface area (Å²) < 4.78 is 38.8. The normalized spacial score (nSPS) is 12.6. The summed E-state index contributed by atoms with van der Waals surface area (Å²) in [7, 11) is 4.14. The van der Waals surface area contributed by atoms with Gasteiger partial charge in [0.15, 0.2) is 0 Å². The van der Waals surface area contributed by atoms with Gasteiger partial charge in [-0.15, -0.1) is 0 Å². The number of rotatable bonds is 7. The largest absolute Gasteiger partial charge is 0.405 e. The molecule has 36 heavy (non-hydrogen) atoms. The molecule has 2 N–H and O–H groups in total. The van der Waals surface area contributed by atoms with E-state index in [1.54, 1.807) is 29.8 Å². The fourth-order valence-electron chi connectivity index (χ4n) is 4.14. The summed E-state index contributed by atoms with van der Waals surface area (Å²) in [6, 6.07) is 20.5. The summed E-state index contributed by atoms with van der Waals surface area (Å²) >= 11 is 0. The van der Waals surface area contributed by atoms with Gasteiger partial charge in [-0.2, -0.15) is 13.2 Å². The van der Waals surface area contributed by atoms with E-state index >= 15 is 0 Å². The van der Waals surface area contributed by atoms with E-state index in [0.717, 1.165) is 34.4 Å². The Labute approximate surface area is 207 Å². The van der Waals surface area contributed by atoms with Crippen LogP contribution in [0, 0.1) is 0 Å². The van der Waals surface area contributed by atoms with E-state index in [1.807, 2.05) is 28.8 Å². The second kappa shape index (κ2) is 10.4. The number of imidazole rings is 1. The van der Waals surface area contributed by atoms with E-state index in [0.29, 0.717) is 11.6 Å². The minimum absolute atomic E-state index is 0.370. The maximum atomic E-state index is 12.3. The van der Waals surface area contributed by atoms with Crippen molar-refractivity contribution < 1.29 is 18.0 Å². The number of anilines is 1. The quantitative estimate of drug-likeness (QED) is 0.329. The highest BCUT2D eigenvalue weighted by atomic mass is 19.4. The number of hydrogen-bond donors (Lipinski definition) is 2. The first kappa shape index (κ1) is 25.2. The number of alkyl halides is 3. The smallest absolute Gasteiger partial charge is 0.329 e. The molecule has 9 heteroatoms. The van der Waals surface area contributed by atoms with E-state index < -0.39 is 18.8 Å². The van der Waals surface area contributed by atoms with Gasteiger partial charge < -0.3 is 15.5 Å². The third kappa shape index (κ3) is 6.23. The lowest BCUT2D eigenvalue weighted by molar-refractivity contribution is -0.122. The molecule has 4 rings (SSSR count). The van der Waals surface area contributed by atoms with Crippen molar-refractivity contribution in [2.45, 2.75) is 19.0 Å². The Balaban J connectivity index is 1.52. The Hall–Kier alpha value is -3.85. The highest BCUT2D eigenvalue weighted by Crippen LogP contribution is 2.28. The molecule has 0 saturated heterocycles. The third-order valence-corrected chi connectivity index (χ3v) is 5.83. The fraction of sp³-hybridized carbons (Fsp3) is 0.259. The molecule has 1 unspecified atom stereocenters. The molecule has 1 aromatic heterocycles. The first-order chi connectivity index (χ1) is 17.1. The van der Waals surface area contributed by atoms with Crippen LogP contribution in [0.5, 0.6) is 0 Å². The predicted molar refractivity (Wildman–Crippen MR) is 137 cm³/mol. The molecule has 4 aromatic rings. The summed E-state index contributed by atoms with van der Waals surface area (Å²) in [4.78, 5) is 18.5. The number of carbonyl (C=O) groups is 1. The molecule has 0 aliphatic carbocycles. The van der Waals surface area contributed by atoms with E-state index in [-0.39, 0.29) is 0 Å². The van der Waals surface area contributed by atoms with Crippen molar-refractivity contribution in [1.82, 2.24) is 19.8 Å². The van der Waals surface area contributed by atoms with Gasteiger partial charge in [0.05, 0.1) is 11.0 Å². The van der Waals surface area contributed by atoms with Crippen LogP contribution in [0.2, 0.25) is 0 Å². The number of halogens is 3. The van der Waals surface area contributed by atoms with Gasteiger partial charge in [0.2, 0.25) is 0 Å². The second-order valence-corrected chi connectivity index (χ2v) is 9.08. The topological polar surface area (TPSA) is 62.2 Å². The number of amides is 2. The van der Waals surface area contributed by atoms with Crippen LogP contribution in [0.25, 0.3) is 27.8 Å². The van der Waals surface area contributed by atoms with Crippen LogP contribution >= 0.6 is 0 Å². The van der Waals surface area contributed by atoms with Crippen molar-refractivity contribution in [3.05, 3.63) is 78.6 Å². The molecule has 0 aliphatic heterocycles. The van der Waals surface area contributed by atoms with Gasteiger partial charge in [0.1, 0.15) is 12.9 Å². The highest BCUT2D eigenvalue weighted by Gasteiger charge is 2.27. The summed E-state index contributed by atoms with van der Waals surface area (Å²) in [6.07, 6.45) is -2.79. The number of aromatic nitrogens is 2. The molecular formula is C27H28F3N5O. The molecule has 188 valence electrons. The van der Waals surface area contributed by atoms with Crippen LogP contribution < -0.4 is 10.6 Å². The van der Waals surface area contributed by atoms with Gasteiger partial charge in [-0.05, 0) is 67.0 Å². The molecule has 0 bridgehead atoms. The van der Waals surface area contributed by atoms with Gasteiger partial charge in [-0.25, -0.2) is 9.78 Å². The van der Waals surface area contributed by atoms with Gasteiger partial charge >= 0.3 is 12.2 Å². The Kier molecular flexibility index (Phi) is 7.30. The monoisotopic (exact) mass is 495 g/mol. The third-order valence-electron chi connectivity index (χ3n) is 5.83. The number of likely N-dealkylation sites (N-methyl/N-ethyl adjacent to an activating group) is 1. The Morgan fingerprint density at radius 3 is 2.44 bits per heavy atom. The molecule has 0 fully saturated rings. The Bertz CT molecular complexity index is 1350. The number of nitrogens with one attached hydrogen (secondary N) is 2. The highest BCUT2D eigenvalue weighted by molar-refractivity contribution is 5.90. The number of benzene rings is 3. The zero-order valence-electron chi connectivity index (χ0n) is 20.3. The number of carbonyl (C=O) groups excluding carboxylic acids is 1. The van der Waals surface area contributed by atoms with Gasteiger partial charge in [0.25, 0.3) is 0 Å². The van der Waals surface area contributed by atoms with Crippen molar-refractivity contribution in [1.29, 1.82) is 0 Å². The summed E-state index contributed by atoms with van der Waals surface area (Å²) in [5.41, 5.74) is 6.21. The summed E-state index contributed by atoms with van der Waals surface area (Å²) in [5.74, 6) is 0.438. The minimum Gasteiger partial charge on any atom is -0.329 e. The lowest BCUT2D eigenvalue weighted by Crippen LogP contribution is -2.36. The minimum atomic E-state index is -4.47. The number of hydrogen-bond acceptors (Lipinski definition) is 3. The van der Waals surface area contributed by atoms with Crippen LogP contribution in [0.15, 0.2) is 73.1 Å². The number of nitrogens with zero attached hydrogens (tertiary/aromatic N) is 3. The van der Waals surface area contributed by atoms with Gasteiger partial charge in [-0.3, -0.25) is 4.57 Å². The van der Waals surface area contributed by atoms with Gasteiger partial charge in [-0.1, -0.05) is 43.3 Å². The lowest BCUT2D eigenvalue weighted by atomic mass is 9.97. The summed E-state index contributed by atoms with van der Waals surface area (Å²) in [5, 5.41) is 4.23. The maximum Gasteiger partial charge on any atom is 0.405 e. The maximum absolute atomic E-state index is 12.3.